The summed E-state index contributed by atoms with van der Waals surface area (Å²) in [6, 6.07) is 7.61. The second-order valence-electron chi connectivity index (χ2n) is 3.31. The molecule has 1 saturated heterocycles. The van der Waals surface area contributed by atoms with Gasteiger partial charge in [-0.1, -0.05) is 24.8 Å². The Bertz CT molecular complexity index is 331. The molecule has 1 atom stereocenters. The number of rotatable bonds is 6. The van der Waals surface area contributed by atoms with Gasteiger partial charge in [-0.3, -0.25) is 0 Å². The molecule has 3 heteroatoms. The summed E-state index contributed by atoms with van der Waals surface area (Å²) in [5, 5.41) is 0. The van der Waals surface area contributed by atoms with E-state index in [1.165, 1.54) is 0 Å². The van der Waals surface area contributed by atoms with E-state index in [0.717, 1.165) is 18.1 Å². The van der Waals surface area contributed by atoms with Gasteiger partial charge in [0, 0.05) is 0 Å². The predicted octanol–water partition coefficient (Wildman–Crippen LogP) is 2.03. The summed E-state index contributed by atoms with van der Waals surface area (Å²) in [6.07, 6.45) is 1.97. The molecule has 0 saturated carbocycles. The molecule has 1 aliphatic heterocycles. The van der Waals surface area contributed by atoms with Crippen LogP contribution in [-0.4, -0.2) is 25.9 Å². The largest absolute Gasteiger partial charge is 0.487 e. The average molecular weight is 206 g/mol. The summed E-state index contributed by atoms with van der Waals surface area (Å²) in [5.74, 6) is 1.51. The summed E-state index contributed by atoms with van der Waals surface area (Å²) < 4.78 is 16.1. The zero-order valence-electron chi connectivity index (χ0n) is 8.52. The van der Waals surface area contributed by atoms with Crippen LogP contribution in [0.3, 0.4) is 0 Å². The van der Waals surface area contributed by atoms with E-state index in [-0.39, 0.29) is 6.10 Å². The highest BCUT2D eigenvalue weighted by Gasteiger charge is 2.23. The average Bonchev–Trinajstić information content (AvgIpc) is 3.08. The van der Waals surface area contributed by atoms with Crippen molar-refractivity contribution in [3.8, 4) is 11.5 Å². The molecule has 0 aromatic heterocycles. The fourth-order valence-electron chi connectivity index (χ4n) is 1.18. The van der Waals surface area contributed by atoms with Gasteiger partial charge in [-0.2, -0.15) is 0 Å². The summed E-state index contributed by atoms with van der Waals surface area (Å²) in [5.41, 5.74) is 0. The summed E-state index contributed by atoms with van der Waals surface area (Å²) in [7, 11) is 0. The number of benzene rings is 1. The lowest BCUT2D eigenvalue weighted by Crippen LogP contribution is -2.05. The lowest BCUT2D eigenvalue weighted by Gasteiger charge is -2.10. The van der Waals surface area contributed by atoms with Gasteiger partial charge < -0.3 is 14.2 Å². The lowest BCUT2D eigenvalue weighted by molar-refractivity contribution is 0.248. The van der Waals surface area contributed by atoms with E-state index >= 15 is 0 Å². The van der Waals surface area contributed by atoms with Crippen LogP contribution >= 0.6 is 0 Å². The molecule has 3 nitrogen and oxygen atoms in total. The first-order chi connectivity index (χ1) is 7.40. The molecular weight excluding hydrogens is 192 g/mol. The molecule has 0 radical (unpaired) electrons. The van der Waals surface area contributed by atoms with Crippen LogP contribution in [0.15, 0.2) is 36.9 Å². The van der Waals surface area contributed by atoms with Crippen molar-refractivity contribution in [2.45, 2.75) is 6.10 Å². The molecule has 0 N–H and O–H groups in total. The third-order valence-corrected chi connectivity index (χ3v) is 2.03. The summed E-state index contributed by atoms with van der Waals surface area (Å²) in [4.78, 5) is 0. The second kappa shape index (κ2) is 4.84. The fraction of sp³-hybridized carbons (Fsp3) is 0.333. The minimum Gasteiger partial charge on any atom is -0.487 e. The summed E-state index contributed by atoms with van der Waals surface area (Å²) >= 11 is 0. The van der Waals surface area contributed by atoms with E-state index in [1.54, 1.807) is 6.08 Å². The monoisotopic (exact) mass is 206 g/mol. The van der Waals surface area contributed by atoms with Gasteiger partial charge in [-0.25, -0.2) is 0 Å². The number of ether oxygens (including phenoxy) is 3. The molecule has 1 aromatic rings. The Labute approximate surface area is 89.3 Å². The summed E-state index contributed by atoms with van der Waals surface area (Å²) in [6.45, 7) is 5.48. The number of para-hydroxylation sites is 2. The first kappa shape index (κ1) is 10.1. The Morgan fingerprint density at radius 2 is 2.00 bits per heavy atom. The van der Waals surface area contributed by atoms with E-state index in [4.69, 9.17) is 14.2 Å². The number of hydrogen-bond acceptors (Lipinski definition) is 3. The maximum Gasteiger partial charge on any atom is 0.161 e. The first-order valence-electron chi connectivity index (χ1n) is 4.97. The minimum atomic E-state index is 0.262. The normalized spacial score (nSPS) is 18.3. The second-order valence-corrected chi connectivity index (χ2v) is 3.31. The standard InChI is InChI=1S/C12H14O3/c1-2-7-13-11-5-3-4-6-12(11)15-9-10-8-14-10/h2-6,10H,1,7-9H2/t10-/m0/s1. The van der Waals surface area contributed by atoms with E-state index in [0.29, 0.717) is 13.2 Å². The molecule has 0 aliphatic carbocycles. The van der Waals surface area contributed by atoms with Crippen molar-refractivity contribution < 1.29 is 14.2 Å². The number of epoxide rings is 1. The van der Waals surface area contributed by atoms with Crippen molar-refractivity contribution in [3.63, 3.8) is 0 Å². The number of hydrogen-bond donors (Lipinski definition) is 0. The van der Waals surface area contributed by atoms with Gasteiger partial charge in [0.05, 0.1) is 6.61 Å². The smallest absolute Gasteiger partial charge is 0.161 e. The van der Waals surface area contributed by atoms with Crippen LogP contribution in [0.4, 0.5) is 0 Å². The molecule has 0 amide bonds. The van der Waals surface area contributed by atoms with Gasteiger partial charge >= 0.3 is 0 Å². The van der Waals surface area contributed by atoms with Crippen molar-refractivity contribution in [2.75, 3.05) is 19.8 Å². The van der Waals surface area contributed by atoms with Gasteiger partial charge in [0.1, 0.15) is 19.3 Å². The SMILES string of the molecule is C=CCOc1ccccc1OC[C@@H]1CO1. The van der Waals surface area contributed by atoms with Crippen molar-refractivity contribution in [2.24, 2.45) is 0 Å². The van der Waals surface area contributed by atoms with E-state index in [2.05, 4.69) is 6.58 Å². The highest BCUT2D eigenvalue weighted by molar-refractivity contribution is 5.39. The van der Waals surface area contributed by atoms with Crippen LogP contribution in [-0.2, 0) is 4.74 Å². The molecule has 0 spiro atoms. The van der Waals surface area contributed by atoms with Crippen molar-refractivity contribution in [3.05, 3.63) is 36.9 Å². The van der Waals surface area contributed by atoms with Gasteiger partial charge in [-0.05, 0) is 12.1 Å². The molecular formula is C12H14O3. The first-order valence-corrected chi connectivity index (χ1v) is 4.97. The third kappa shape index (κ3) is 2.99. The molecule has 2 rings (SSSR count). The third-order valence-electron chi connectivity index (χ3n) is 2.03. The van der Waals surface area contributed by atoms with Crippen LogP contribution in [0.25, 0.3) is 0 Å². The Morgan fingerprint density at radius 1 is 1.33 bits per heavy atom. The lowest BCUT2D eigenvalue weighted by atomic mass is 10.3. The quantitative estimate of drug-likeness (QED) is 0.527. The maximum atomic E-state index is 5.57. The molecule has 15 heavy (non-hydrogen) atoms. The van der Waals surface area contributed by atoms with Gasteiger partial charge in [0.15, 0.2) is 11.5 Å². The molecule has 1 aromatic carbocycles. The zero-order chi connectivity index (χ0) is 10.5. The Morgan fingerprint density at radius 3 is 2.60 bits per heavy atom. The van der Waals surface area contributed by atoms with Crippen molar-refractivity contribution in [1.29, 1.82) is 0 Å². The molecule has 1 aliphatic rings. The molecule has 80 valence electrons. The highest BCUT2D eigenvalue weighted by atomic mass is 16.6. The van der Waals surface area contributed by atoms with Gasteiger partial charge in [-0.15, -0.1) is 0 Å². The van der Waals surface area contributed by atoms with Crippen molar-refractivity contribution in [1.82, 2.24) is 0 Å². The Hall–Kier alpha value is -1.48. The Balaban J connectivity index is 1.95. The molecule has 0 unspecified atom stereocenters. The van der Waals surface area contributed by atoms with Crippen LogP contribution in [0.1, 0.15) is 0 Å². The van der Waals surface area contributed by atoms with Crippen LogP contribution in [0.2, 0.25) is 0 Å². The van der Waals surface area contributed by atoms with Crippen LogP contribution in [0, 0.1) is 0 Å². The van der Waals surface area contributed by atoms with Crippen LogP contribution in [0.5, 0.6) is 11.5 Å². The highest BCUT2D eigenvalue weighted by Crippen LogP contribution is 2.27. The zero-order valence-corrected chi connectivity index (χ0v) is 8.52. The topological polar surface area (TPSA) is 31.0 Å². The van der Waals surface area contributed by atoms with Crippen molar-refractivity contribution >= 4 is 0 Å². The van der Waals surface area contributed by atoms with Crippen LogP contribution < -0.4 is 9.47 Å². The molecule has 1 fully saturated rings. The Kier molecular flexibility index (Phi) is 3.25. The predicted molar refractivity (Wildman–Crippen MR) is 57.4 cm³/mol. The van der Waals surface area contributed by atoms with E-state index in [1.807, 2.05) is 24.3 Å². The van der Waals surface area contributed by atoms with E-state index in [9.17, 15) is 0 Å². The molecule has 0 bridgehead atoms. The fourth-order valence-corrected chi connectivity index (χ4v) is 1.18. The minimum absolute atomic E-state index is 0.262. The maximum absolute atomic E-state index is 5.57. The molecule has 1 heterocycles. The van der Waals surface area contributed by atoms with Gasteiger partial charge in [0.25, 0.3) is 0 Å². The van der Waals surface area contributed by atoms with Gasteiger partial charge in [0.2, 0.25) is 0 Å². The van der Waals surface area contributed by atoms with E-state index < -0.39 is 0 Å².